The lowest BCUT2D eigenvalue weighted by Gasteiger charge is -1.99. The van der Waals surface area contributed by atoms with Crippen LogP contribution < -0.4 is 16.2 Å². The monoisotopic (exact) mass is 125 g/mol. The Kier molecular flexibility index (Phi) is 0.790. The van der Waals surface area contributed by atoms with Gasteiger partial charge in [0, 0.05) is 13.1 Å². The smallest absolute Gasteiger partial charge is 0.269 e. The minimum Gasteiger partial charge on any atom is -0.347 e. The lowest BCUT2D eigenvalue weighted by atomic mass is 10.3. The quantitative estimate of drug-likeness (QED) is 0.368. The van der Waals surface area contributed by atoms with E-state index in [-0.39, 0.29) is 5.91 Å². The van der Waals surface area contributed by atoms with Gasteiger partial charge < -0.3 is 10.7 Å². The van der Waals surface area contributed by atoms with Crippen LogP contribution in [0, 0.1) is 0 Å². The van der Waals surface area contributed by atoms with Crippen molar-refractivity contribution < 1.29 is 4.79 Å². The lowest BCUT2D eigenvalue weighted by molar-refractivity contribution is -0.117. The first-order valence-electron chi connectivity index (χ1n) is 2.87. The zero-order chi connectivity index (χ0) is 6.27. The average molecular weight is 125 g/mol. The van der Waals surface area contributed by atoms with Crippen LogP contribution in [-0.2, 0) is 4.79 Å². The van der Waals surface area contributed by atoms with Gasteiger partial charge in [0.05, 0.1) is 0 Å². The van der Waals surface area contributed by atoms with Gasteiger partial charge in [-0.05, 0) is 5.57 Å². The predicted octanol–water partition coefficient (Wildman–Crippen LogP) is -1.52. The van der Waals surface area contributed by atoms with E-state index >= 15 is 0 Å². The number of hydrogen-bond donors (Lipinski definition) is 3. The van der Waals surface area contributed by atoms with E-state index in [0.717, 1.165) is 17.8 Å². The topological polar surface area (TPSA) is 53.2 Å². The summed E-state index contributed by atoms with van der Waals surface area (Å²) in [5.74, 6) is 0.00926. The molecule has 2 heterocycles. The van der Waals surface area contributed by atoms with E-state index < -0.39 is 0 Å². The van der Waals surface area contributed by atoms with Crippen LogP contribution in [0.5, 0.6) is 0 Å². The Morgan fingerprint density at radius 1 is 1.33 bits per heavy atom. The number of amides is 1. The molecular formula is C5H7N3O. The van der Waals surface area contributed by atoms with Gasteiger partial charge in [0.15, 0.2) is 0 Å². The van der Waals surface area contributed by atoms with Crippen molar-refractivity contribution >= 4 is 5.91 Å². The second-order valence-electron chi connectivity index (χ2n) is 2.14. The zero-order valence-electron chi connectivity index (χ0n) is 4.82. The first kappa shape index (κ1) is 4.81. The van der Waals surface area contributed by atoms with Crippen LogP contribution >= 0.6 is 0 Å². The normalized spacial score (nSPS) is 23.8. The van der Waals surface area contributed by atoms with Crippen LogP contribution in [0.1, 0.15) is 0 Å². The van der Waals surface area contributed by atoms with E-state index in [0.29, 0.717) is 6.54 Å². The van der Waals surface area contributed by atoms with Crippen molar-refractivity contribution in [2.75, 3.05) is 13.1 Å². The third kappa shape index (κ3) is 0.533. The second kappa shape index (κ2) is 1.48. The molecule has 48 valence electrons. The fraction of sp³-hybridized carbons (Fsp3) is 0.400. The summed E-state index contributed by atoms with van der Waals surface area (Å²) in [6.07, 6.45) is 0. The molecule has 0 radical (unpaired) electrons. The van der Waals surface area contributed by atoms with E-state index in [9.17, 15) is 4.79 Å². The van der Waals surface area contributed by atoms with Gasteiger partial charge >= 0.3 is 0 Å². The maximum absolute atomic E-state index is 10.8. The highest BCUT2D eigenvalue weighted by atomic mass is 16.2. The van der Waals surface area contributed by atoms with E-state index in [4.69, 9.17) is 0 Å². The van der Waals surface area contributed by atoms with E-state index in [1.54, 1.807) is 0 Å². The Hall–Kier alpha value is -1.03. The highest BCUT2D eigenvalue weighted by molar-refractivity contribution is 5.96. The Labute approximate surface area is 52.3 Å². The van der Waals surface area contributed by atoms with Crippen LogP contribution in [0.15, 0.2) is 11.3 Å². The van der Waals surface area contributed by atoms with Crippen molar-refractivity contribution in [3.8, 4) is 0 Å². The summed E-state index contributed by atoms with van der Waals surface area (Å²) < 4.78 is 0. The van der Waals surface area contributed by atoms with Gasteiger partial charge in [-0.2, -0.15) is 0 Å². The van der Waals surface area contributed by atoms with Crippen molar-refractivity contribution in [1.82, 2.24) is 16.2 Å². The molecule has 0 saturated heterocycles. The molecule has 0 spiro atoms. The molecule has 0 fully saturated rings. The van der Waals surface area contributed by atoms with Gasteiger partial charge in [-0.3, -0.25) is 4.79 Å². The van der Waals surface area contributed by atoms with Crippen LogP contribution in [0.25, 0.3) is 0 Å². The van der Waals surface area contributed by atoms with Gasteiger partial charge in [0.2, 0.25) is 0 Å². The number of hydrogen-bond acceptors (Lipinski definition) is 3. The minimum absolute atomic E-state index is 0.00926. The minimum atomic E-state index is 0.00926. The van der Waals surface area contributed by atoms with Crippen LogP contribution in [0.4, 0.5) is 0 Å². The van der Waals surface area contributed by atoms with E-state index in [1.807, 2.05) is 0 Å². The van der Waals surface area contributed by atoms with Crippen molar-refractivity contribution in [1.29, 1.82) is 0 Å². The van der Waals surface area contributed by atoms with Crippen molar-refractivity contribution in [2.45, 2.75) is 0 Å². The van der Waals surface area contributed by atoms with Crippen LogP contribution in [0.2, 0.25) is 0 Å². The zero-order valence-corrected chi connectivity index (χ0v) is 4.82. The molecule has 0 aromatic heterocycles. The van der Waals surface area contributed by atoms with Crippen molar-refractivity contribution in [2.24, 2.45) is 0 Å². The van der Waals surface area contributed by atoms with Gasteiger partial charge in [0.1, 0.15) is 5.70 Å². The Morgan fingerprint density at radius 3 is 3.00 bits per heavy atom. The molecule has 9 heavy (non-hydrogen) atoms. The fourth-order valence-electron chi connectivity index (χ4n) is 1.06. The van der Waals surface area contributed by atoms with Gasteiger partial charge in [0.25, 0.3) is 5.91 Å². The van der Waals surface area contributed by atoms with Crippen LogP contribution in [-0.4, -0.2) is 19.0 Å². The average Bonchev–Trinajstić information content (AvgIpc) is 2.35. The maximum atomic E-state index is 10.8. The van der Waals surface area contributed by atoms with Crippen molar-refractivity contribution in [3.05, 3.63) is 11.3 Å². The summed E-state index contributed by atoms with van der Waals surface area (Å²) >= 11 is 0. The molecule has 0 bridgehead atoms. The standard InChI is InChI=1S/C5H7N3O/c9-5-4-3(1-6-5)2-7-8-4/h7-8H,1-2H2,(H,6,9). The summed E-state index contributed by atoms with van der Waals surface area (Å²) in [6, 6.07) is 0. The lowest BCUT2D eigenvalue weighted by Crippen LogP contribution is -2.33. The number of hydrazine groups is 1. The molecule has 3 N–H and O–H groups in total. The molecule has 4 nitrogen and oxygen atoms in total. The number of rotatable bonds is 0. The summed E-state index contributed by atoms with van der Waals surface area (Å²) in [5, 5.41) is 2.71. The molecular weight excluding hydrogens is 118 g/mol. The summed E-state index contributed by atoms with van der Waals surface area (Å²) in [7, 11) is 0. The number of nitrogens with one attached hydrogen (secondary N) is 3. The molecule has 0 saturated carbocycles. The molecule has 2 aliphatic rings. The molecule has 1 amide bonds. The van der Waals surface area contributed by atoms with E-state index in [2.05, 4.69) is 16.2 Å². The Balaban J connectivity index is 2.34. The SMILES string of the molecule is O=C1NCC2=C1NNC2. The largest absolute Gasteiger partial charge is 0.347 e. The van der Waals surface area contributed by atoms with Gasteiger partial charge in [-0.25, -0.2) is 5.43 Å². The molecule has 0 unspecified atom stereocenters. The first-order chi connectivity index (χ1) is 4.38. The first-order valence-corrected chi connectivity index (χ1v) is 2.87. The molecule has 2 rings (SSSR count). The third-order valence-corrected chi connectivity index (χ3v) is 1.56. The molecule has 0 atom stereocenters. The Bertz CT molecular complexity index is 196. The summed E-state index contributed by atoms with van der Waals surface area (Å²) in [5.41, 5.74) is 7.51. The molecule has 0 aromatic rings. The predicted molar refractivity (Wildman–Crippen MR) is 31.2 cm³/mol. The highest BCUT2D eigenvalue weighted by Gasteiger charge is 2.25. The number of carbonyl (C=O) groups excluding carboxylic acids is 1. The molecule has 0 aliphatic carbocycles. The fourth-order valence-corrected chi connectivity index (χ4v) is 1.06. The van der Waals surface area contributed by atoms with Gasteiger partial charge in [-0.1, -0.05) is 0 Å². The molecule has 4 heteroatoms. The highest BCUT2D eigenvalue weighted by Crippen LogP contribution is 2.09. The van der Waals surface area contributed by atoms with Gasteiger partial charge in [-0.15, -0.1) is 0 Å². The summed E-state index contributed by atoms with van der Waals surface area (Å²) in [4.78, 5) is 10.8. The maximum Gasteiger partial charge on any atom is 0.269 e. The third-order valence-electron chi connectivity index (χ3n) is 1.56. The summed E-state index contributed by atoms with van der Waals surface area (Å²) in [6.45, 7) is 1.49. The Morgan fingerprint density at radius 2 is 2.22 bits per heavy atom. The number of carbonyl (C=O) groups is 1. The second-order valence-corrected chi connectivity index (χ2v) is 2.14. The molecule has 0 aromatic carbocycles. The van der Waals surface area contributed by atoms with Crippen LogP contribution in [0.3, 0.4) is 0 Å². The van der Waals surface area contributed by atoms with Crippen molar-refractivity contribution in [3.63, 3.8) is 0 Å². The van der Waals surface area contributed by atoms with E-state index in [1.165, 1.54) is 0 Å². The molecule has 2 aliphatic heterocycles.